The number of hydrogen-bond donors (Lipinski definition) is 3. The largest absolute Gasteiger partial charge is 0.399 e. The second kappa shape index (κ2) is 6.20. The fourth-order valence-electron chi connectivity index (χ4n) is 1.53. The summed E-state index contributed by atoms with van der Waals surface area (Å²) in [6, 6.07) is 2.50. The van der Waals surface area contributed by atoms with Crippen molar-refractivity contribution < 1.29 is 14.6 Å². The van der Waals surface area contributed by atoms with E-state index in [9.17, 15) is 14.6 Å². The molecule has 0 amide bonds. The van der Waals surface area contributed by atoms with Gasteiger partial charge in [0.05, 0.1) is 6.10 Å². The summed E-state index contributed by atoms with van der Waals surface area (Å²) in [4.78, 5) is 2.52. The number of aryl methyl sites for hydroxylation is 1. The normalized spacial score (nSPS) is 13.8. The van der Waals surface area contributed by atoms with E-state index < -0.39 is 18.0 Å². The molecule has 7 heteroatoms. The third-order valence-corrected chi connectivity index (χ3v) is 2.66. The molecular weight excluding hydrogens is 239 g/mol. The Hall–Kier alpha value is -1.82. The van der Waals surface area contributed by atoms with Crippen LogP contribution in [-0.2, 0) is 0 Å². The maximum absolute atomic E-state index is 13.6. The van der Waals surface area contributed by atoms with Gasteiger partial charge in [-0.25, -0.2) is 4.39 Å². The zero-order valence-electron chi connectivity index (χ0n) is 9.91. The smallest absolute Gasteiger partial charge is 0.129 e. The third kappa shape index (κ3) is 3.33. The van der Waals surface area contributed by atoms with Crippen LogP contribution in [0.3, 0.4) is 0 Å². The molecule has 98 valence electrons. The van der Waals surface area contributed by atoms with Crippen molar-refractivity contribution in [1.29, 1.82) is 0 Å². The number of nitrogen functional groups attached to an aromatic ring is 1. The van der Waals surface area contributed by atoms with Crippen molar-refractivity contribution in [3.63, 3.8) is 0 Å². The molecule has 1 aromatic carbocycles. The summed E-state index contributed by atoms with van der Waals surface area (Å²) in [6.07, 6.45) is -2.58. The van der Waals surface area contributed by atoms with Crippen LogP contribution in [0.15, 0.2) is 17.2 Å². The van der Waals surface area contributed by atoms with Crippen LogP contribution in [-0.4, -0.2) is 22.9 Å². The number of aliphatic hydroxyl groups is 2. The summed E-state index contributed by atoms with van der Waals surface area (Å²) in [5.74, 6) is -0.628. The van der Waals surface area contributed by atoms with Gasteiger partial charge in [-0.15, -0.1) is 0 Å². The van der Waals surface area contributed by atoms with E-state index in [1.165, 1.54) is 12.1 Å². The van der Waals surface area contributed by atoms with Crippen LogP contribution in [0.5, 0.6) is 0 Å². The third-order valence-electron chi connectivity index (χ3n) is 2.66. The predicted molar refractivity (Wildman–Crippen MR) is 65.1 cm³/mol. The molecule has 0 spiro atoms. The molecule has 0 aliphatic carbocycles. The molecule has 0 heterocycles. The van der Waals surface area contributed by atoms with Gasteiger partial charge in [-0.1, -0.05) is 5.11 Å². The lowest BCUT2D eigenvalue weighted by Gasteiger charge is -2.19. The highest BCUT2D eigenvalue weighted by Gasteiger charge is 2.21. The van der Waals surface area contributed by atoms with Gasteiger partial charge in [0.1, 0.15) is 11.9 Å². The Kier molecular flexibility index (Phi) is 4.91. The number of halogens is 1. The molecule has 0 bridgehead atoms. The van der Waals surface area contributed by atoms with Crippen LogP contribution < -0.4 is 5.73 Å². The van der Waals surface area contributed by atoms with Gasteiger partial charge in [-0.3, -0.25) is 0 Å². The maximum Gasteiger partial charge on any atom is 0.129 e. The van der Waals surface area contributed by atoms with E-state index in [0.29, 0.717) is 11.3 Å². The van der Waals surface area contributed by atoms with Gasteiger partial charge in [0.15, 0.2) is 0 Å². The molecule has 1 rings (SSSR count). The molecule has 2 unspecified atom stereocenters. The molecule has 6 nitrogen and oxygen atoms in total. The first-order valence-corrected chi connectivity index (χ1v) is 5.40. The molecule has 0 saturated carbocycles. The van der Waals surface area contributed by atoms with Crippen LogP contribution in [0.2, 0.25) is 0 Å². The molecule has 0 saturated heterocycles. The minimum Gasteiger partial charge on any atom is -0.399 e. The molecule has 0 aliphatic rings. The van der Waals surface area contributed by atoms with E-state index in [1.54, 1.807) is 6.92 Å². The predicted octanol–water partition coefficient (Wildman–Crippen LogP) is 1.81. The highest BCUT2D eigenvalue weighted by molar-refractivity contribution is 5.49. The zero-order valence-corrected chi connectivity index (χ0v) is 9.91. The molecule has 0 radical (unpaired) electrons. The number of nitrogens with zero attached hydrogens (tertiary/aromatic N) is 3. The lowest BCUT2D eigenvalue weighted by molar-refractivity contribution is 0.0130. The van der Waals surface area contributed by atoms with Crippen LogP contribution in [0.4, 0.5) is 10.1 Å². The van der Waals surface area contributed by atoms with E-state index in [2.05, 4.69) is 10.0 Å². The number of nitrogens with two attached hydrogens (primary N) is 1. The molecular formula is C11H15FN4O2. The lowest BCUT2D eigenvalue weighted by atomic mass is 9.99. The van der Waals surface area contributed by atoms with Crippen molar-refractivity contribution in [3.05, 3.63) is 39.5 Å². The van der Waals surface area contributed by atoms with Crippen molar-refractivity contribution >= 4 is 5.69 Å². The average molecular weight is 254 g/mol. The SMILES string of the molecule is Cc1cc(F)c(C(O)C(O)CCN=[N+]=[N-])cc1N. The van der Waals surface area contributed by atoms with Gasteiger partial charge in [-0.2, -0.15) is 0 Å². The van der Waals surface area contributed by atoms with Gasteiger partial charge in [0.2, 0.25) is 0 Å². The molecule has 4 N–H and O–H groups in total. The molecule has 0 aliphatic heterocycles. The quantitative estimate of drug-likeness (QED) is 0.322. The first-order chi connectivity index (χ1) is 8.47. The highest BCUT2D eigenvalue weighted by atomic mass is 19.1. The van der Waals surface area contributed by atoms with Crippen LogP contribution >= 0.6 is 0 Å². The second-order valence-corrected chi connectivity index (χ2v) is 3.99. The first kappa shape index (κ1) is 14.2. The number of benzene rings is 1. The molecule has 0 aromatic heterocycles. The Morgan fingerprint density at radius 2 is 2.17 bits per heavy atom. The number of hydrogen-bond acceptors (Lipinski definition) is 4. The summed E-state index contributed by atoms with van der Waals surface area (Å²) in [5, 5.41) is 22.7. The van der Waals surface area contributed by atoms with E-state index in [0.717, 1.165) is 0 Å². The summed E-state index contributed by atoms with van der Waals surface area (Å²) < 4.78 is 13.6. The van der Waals surface area contributed by atoms with E-state index in [-0.39, 0.29) is 18.5 Å². The fraction of sp³-hybridized carbons (Fsp3) is 0.455. The second-order valence-electron chi connectivity index (χ2n) is 3.99. The highest BCUT2D eigenvalue weighted by Crippen LogP contribution is 2.26. The Balaban J connectivity index is 2.85. The Morgan fingerprint density at radius 3 is 2.78 bits per heavy atom. The summed E-state index contributed by atoms with van der Waals surface area (Å²) in [7, 11) is 0. The standard InChI is InChI=1S/C11H15FN4O2/c1-6-4-8(12)7(5-9(6)13)11(18)10(17)2-3-15-16-14/h4-5,10-11,17-18H,2-3,13H2,1H3. The van der Waals surface area contributed by atoms with Gasteiger partial charge in [-0.05, 0) is 36.6 Å². The Bertz CT molecular complexity index is 474. The Morgan fingerprint density at radius 1 is 1.50 bits per heavy atom. The van der Waals surface area contributed by atoms with Crippen molar-refractivity contribution in [2.45, 2.75) is 25.6 Å². The number of anilines is 1. The molecule has 2 atom stereocenters. The van der Waals surface area contributed by atoms with Crippen molar-refractivity contribution in [2.75, 3.05) is 12.3 Å². The summed E-state index contributed by atoms with van der Waals surface area (Å²) in [5.41, 5.74) is 14.5. The number of aliphatic hydroxyl groups excluding tert-OH is 2. The minimum atomic E-state index is -1.40. The van der Waals surface area contributed by atoms with Gasteiger partial charge in [0.25, 0.3) is 0 Å². The first-order valence-electron chi connectivity index (χ1n) is 5.40. The van der Waals surface area contributed by atoms with E-state index in [1.807, 2.05) is 0 Å². The van der Waals surface area contributed by atoms with Crippen LogP contribution in [0.1, 0.15) is 23.7 Å². The minimum absolute atomic E-state index is 0.0255. The lowest BCUT2D eigenvalue weighted by Crippen LogP contribution is -2.20. The van der Waals surface area contributed by atoms with E-state index in [4.69, 9.17) is 11.3 Å². The van der Waals surface area contributed by atoms with Gasteiger partial charge >= 0.3 is 0 Å². The van der Waals surface area contributed by atoms with Crippen molar-refractivity contribution in [1.82, 2.24) is 0 Å². The average Bonchev–Trinajstić information content (AvgIpc) is 2.33. The monoisotopic (exact) mass is 254 g/mol. The maximum atomic E-state index is 13.6. The number of rotatable bonds is 5. The summed E-state index contributed by atoms with van der Waals surface area (Å²) >= 11 is 0. The summed E-state index contributed by atoms with van der Waals surface area (Å²) in [6.45, 7) is 1.67. The van der Waals surface area contributed by atoms with Crippen molar-refractivity contribution in [3.8, 4) is 0 Å². The van der Waals surface area contributed by atoms with Gasteiger partial charge < -0.3 is 15.9 Å². The fourth-order valence-corrected chi connectivity index (χ4v) is 1.53. The van der Waals surface area contributed by atoms with Crippen LogP contribution in [0.25, 0.3) is 10.4 Å². The van der Waals surface area contributed by atoms with Crippen LogP contribution in [0, 0.1) is 12.7 Å². The van der Waals surface area contributed by atoms with E-state index >= 15 is 0 Å². The molecule has 18 heavy (non-hydrogen) atoms. The Labute approximate surface area is 103 Å². The molecule has 0 fully saturated rings. The van der Waals surface area contributed by atoms with Crippen molar-refractivity contribution in [2.24, 2.45) is 5.11 Å². The topological polar surface area (TPSA) is 115 Å². The zero-order chi connectivity index (χ0) is 13.7. The number of azide groups is 1. The molecule has 1 aromatic rings. The van der Waals surface area contributed by atoms with Gasteiger partial charge in [0, 0.05) is 22.7 Å².